The Balaban J connectivity index is 1.97. The SMILES string of the molecule is COC1C(O)CC1Oc1ccc([N+](=O)[O-])c2ncccc12. The quantitative estimate of drug-likeness (QED) is 0.680. The zero-order valence-corrected chi connectivity index (χ0v) is 11.3. The van der Waals surface area contributed by atoms with Gasteiger partial charge in [-0.3, -0.25) is 10.1 Å². The van der Waals surface area contributed by atoms with Gasteiger partial charge in [0.25, 0.3) is 5.69 Å². The molecule has 1 aromatic carbocycles. The third-order valence-corrected chi connectivity index (χ3v) is 3.68. The number of hydrogen-bond acceptors (Lipinski definition) is 6. The number of pyridine rings is 1. The summed E-state index contributed by atoms with van der Waals surface area (Å²) in [5.41, 5.74) is 0.226. The van der Waals surface area contributed by atoms with Gasteiger partial charge in [0.15, 0.2) is 5.52 Å². The van der Waals surface area contributed by atoms with Crippen LogP contribution in [0.3, 0.4) is 0 Å². The maximum absolute atomic E-state index is 11.0. The summed E-state index contributed by atoms with van der Waals surface area (Å²) in [7, 11) is 1.51. The number of rotatable bonds is 4. The molecule has 0 spiro atoms. The molecule has 1 N–H and O–H groups in total. The lowest BCUT2D eigenvalue weighted by Gasteiger charge is -2.40. The van der Waals surface area contributed by atoms with Crippen molar-refractivity contribution < 1.29 is 19.5 Å². The van der Waals surface area contributed by atoms with E-state index in [-0.39, 0.29) is 23.4 Å². The van der Waals surface area contributed by atoms with Crippen LogP contribution in [0.4, 0.5) is 5.69 Å². The second kappa shape index (κ2) is 5.27. The van der Waals surface area contributed by atoms with E-state index in [0.717, 1.165) is 0 Å². The van der Waals surface area contributed by atoms with E-state index in [0.29, 0.717) is 17.6 Å². The average molecular weight is 290 g/mol. The highest BCUT2D eigenvalue weighted by Gasteiger charge is 2.42. The number of non-ortho nitro benzene ring substituents is 1. The highest BCUT2D eigenvalue weighted by atomic mass is 16.6. The first kappa shape index (κ1) is 13.7. The molecule has 3 rings (SSSR count). The van der Waals surface area contributed by atoms with Crippen LogP contribution in [0.5, 0.6) is 5.75 Å². The van der Waals surface area contributed by atoms with Crippen molar-refractivity contribution in [3.8, 4) is 5.75 Å². The van der Waals surface area contributed by atoms with Crippen molar-refractivity contribution in [3.63, 3.8) is 0 Å². The molecule has 21 heavy (non-hydrogen) atoms. The number of nitrogens with zero attached hydrogens (tertiary/aromatic N) is 2. The molecule has 1 saturated carbocycles. The number of aliphatic hydroxyl groups excluding tert-OH is 1. The summed E-state index contributed by atoms with van der Waals surface area (Å²) < 4.78 is 11.0. The molecule has 7 nitrogen and oxygen atoms in total. The van der Waals surface area contributed by atoms with E-state index < -0.39 is 11.0 Å². The van der Waals surface area contributed by atoms with Gasteiger partial charge in [-0.2, -0.15) is 0 Å². The first-order valence-corrected chi connectivity index (χ1v) is 6.51. The fourth-order valence-corrected chi connectivity index (χ4v) is 2.53. The Kier molecular flexibility index (Phi) is 3.44. The fraction of sp³-hybridized carbons (Fsp3) is 0.357. The normalized spacial score (nSPS) is 24.6. The molecule has 1 fully saturated rings. The zero-order valence-electron chi connectivity index (χ0n) is 11.3. The molecule has 3 unspecified atom stereocenters. The molecule has 1 aliphatic rings. The van der Waals surface area contributed by atoms with Crippen LogP contribution in [0.15, 0.2) is 30.5 Å². The minimum absolute atomic E-state index is 0.0603. The highest BCUT2D eigenvalue weighted by molar-refractivity contribution is 5.92. The third-order valence-electron chi connectivity index (χ3n) is 3.68. The standard InChI is InChI=1S/C14H14N2O5/c1-20-14-10(17)7-12(14)21-11-5-4-9(16(18)19)13-8(11)3-2-6-15-13/h2-6,10,12,14,17H,7H2,1H3. The number of ether oxygens (including phenoxy) is 2. The molecular weight excluding hydrogens is 276 g/mol. The number of aliphatic hydroxyl groups is 1. The van der Waals surface area contributed by atoms with E-state index in [1.54, 1.807) is 18.2 Å². The summed E-state index contributed by atoms with van der Waals surface area (Å²) in [6, 6.07) is 6.35. The number of fused-ring (bicyclic) bond motifs is 1. The van der Waals surface area contributed by atoms with Crippen LogP contribution in [-0.2, 0) is 4.74 Å². The van der Waals surface area contributed by atoms with Gasteiger partial charge in [-0.15, -0.1) is 0 Å². The molecule has 110 valence electrons. The van der Waals surface area contributed by atoms with Crippen molar-refractivity contribution in [2.24, 2.45) is 0 Å². The van der Waals surface area contributed by atoms with Crippen LogP contribution in [0.25, 0.3) is 10.9 Å². The molecule has 2 aromatic rings. The Morgan fingerprint density at radius 3 is 2.90 bits per heavy atom. The topological polar surface area (TPSA) is 94.7 Å². The largest absolute Gasteiger partial charge is 0.487 e. The maximum Gasteiger partial charge on any atom is 0.295 e. The van der Waals surface area contributed by atoms with Gasteiger partial charge < -0.3 is 14.6 Å². The van der Waals surface area contributed by atoms with E-state index >= 15 is 0 Å². The monoisotopic (exact) mass is 290 g/mol. The minimum Gasteiger partial charge on any atom is -0.487 e. The van der Waals surface area contributed by atoms with Crippen LogP contribution >= 0.6 is 0 Å². The van der Waals surface area contributed by atoms with Gasteiger partial charge in [-0.25, -0.2) is 4.98 Å². The smallest absolute Gasteiger partial charge is 0.295 e. The molecule has 0 radical (unpaired) electrons. The van der Waals surface area contributed by atoms with Gasteiger partial charge in [0.05, 0.1) is 11.0 Å². The van der Waals surface area contributed by atoms with E-state index in [1.165, 1.54) is 19.4 Å². The van der Waals surface area contributed by atoms with Gasteiger partial charge in [-0.05, 0) is 18.2 Å². The van der Waals surface area contributed by atoms with Crippen molar-refractivity contribution in [1.82, 2.24) is 4.98 Å². The third kappa shape index (κ3) is 2.30. The Labute approximate surface area is 120 Å². The number of methoxy groups -OCH3 is 1. The molecule has 0 bridgehead atoms. The van der Waals surface area contributed by atoms with Crippen LogP contribution < -0.4 is 4.74 Å². The van der Waals surface area contributed by atoms with Gasteiger partial charge in [0.1, 0.15) is 18.0 Å². The molecule has 1 aromatic heterocycles. The predicted molar refractivity (Wildman–Crippen MR) is 74.2 cm³/mol. The molecule has 0 saturated heterocycles. The Morgan fingerprint density at radius 2 is 2.24 bits per heavy atom. The Morgan fingerprint density at radius 1 is 1.43 bits per heavy atom. The number of nitro groups is 1. The van der Waals surface area contributed by atoms with Crippen molar-refractivity contribution in [3.05, 3.63) is 40.6 Å². The van der Waals surface area contributed by atoms with Crippen LogP contribution in [-0.4, -0.2) is 40.4 Å². The van der Waals surface area contributed by atoms with Gasteiger partial charge >= 0.3 is 0 Å². The Bertz CT molecular complexity index is 690. The van der Waals surface area contributed by atoms with Gasteiger partial charge in [-0.1, -0.05) is 0 Å². The second-order valence-corrected chi connectivity index (χ2v) is 4.90. The molecule has 0 amide bonds. The molecule has 7 heteroatoms. The minimum atomic E-state index is -0.539. The number of aromatic nitrogens is 1. The summed E-state index contributed by atoms with van der Waals surface area (Å²) in [6.45, 7) is 0. The van der Waals surface area contributed by atoms with Crippen molar-refractivity contribution >= 4 is 16.6 Å². The first-order valence-electron chi connectivity index (χ1n) is 6.51. The summed E-state index contributed by atoms with van der Waals surface area (Å²) in [5.74, 6) is 0.502. The zero-order chi connectivity index (χ0) is 15.0. The summed E-state index contributed by atoms with van der Waals surface area (Å²) >= 11 is 0. The summed E-state index contributed by atoms with van der Waals surface area (Å²) in [5, 5.41) is 21.2. The predicted octanol–water partition coefficient (Wildman–Crippen LogP) is 1.67. The van der Waals surface area contributed by atoms with Crippen molar-refractivity contribution in [2.75, 3.05) is 7.11 Å². The van der Waals surface area contributed by atoms with Gasteiger partial charge in [0.2, 0.25) is 0 Å². The van der Waals surface area contributed by atoms with Crippen molar-refractivity contribution in [1.29, 1.82) is 0 Å². The Hall–Kier alpha value is -2.25. The fourth-order valence-electron chi connectivity index (χ4n) is 2.53. The summed E-state index contributed by atoms with van der Waals surface area (Å²) in [6.07, 6.45) is 0.783. The number of benzene rings is 1. The van der Waals surface area contributed by atoms with Crippen LogP contribution in [0, 0.1) is 10.1 Å². The van der Waals surface area contributed by atoms with E-state index in [9.17, 15) is 15.2 Å². The van der Waals surface area contributed by atoms with E-state index in [2.05, 4.69) is 4.98 Å². The molecule has 1 heterocycles. The highest BCUT2D eigenvalue weighted by Crippen LogP contribution is 2.35. The molecule has 1 aliphatic carbocycles. The average Bonchev–Trinajstić information content (AvgIpc) is 2.46. The van der Waals surface area contributed by atoms with E-state index in [1.807, 2.05) is 0 Å². The number of hydrogen-bond donors (Lipinski definition) is 1. The lowest BCUT2D eigenvalue weighted by molar-refractivity contribution is -0.383. The molecular formula is C14H14N2O5. The van der Waals surface area contributed by atoms with Gasteiger partial charge in [0, 0.05) is 31.2 Å². The maximum atomic E-state index is 11.0. The number of nitro benzene ring substituents is 1. The van der Waals surface area contributed by atoms with Crippen LogP contribution in [0.1, 0.15) is 6.42 Å². The second-order valence-electron chi connectivity index (χ2n) is 4.90. The first-order chi connectivity index (χ1) is 10.1. The lowest BCUT2D eigenvalue weighted by atomic mass is 9.88. The van der Waals surface area contributed by atoms with Crippen LogP contribution in [0.2, 0.25) is 0 Å². The molecule has 3 atom stereocenters. The van der Waals surface area contributed by atoms with E-state index in [4.69, 9.17) is 9.47 Å². The van der Waals surface area contributed by atoms with Crippen molar-refractivity contribution in [2.45, 2.75) is 24.7 Å². The summed E-state index contributed by atoms with van der Waals surface area (Å²) in [4.78, 5) is 14.6. The molecule has 0 aliphatic heterocycles. The lowest BCUT2D eigenvalue weighted by Crippen LogP contribution is -2.54.